The molecule has 7 nitrogen and oxygen atoms in total. The molecule has 11 heteroatoms. The van der Waals surface area contributed by atoms with Gasteiger partial charge in [-0.25, -0.2) is 13.4 Å². The third-order valence-corrected chi connectivity index (χ3v) is 8.22. The quantitative estimate of drug-likeness (QED) is 0.294. The van der Waals surface area contributed by atoms with Crippen LogP contribution in [0.5, 0.6) is 5.75 Å². The largest absolute Gasteiger partial charge is 0.573 e. The summed E-state index contributed by atoms with van der Waals surface area (Å²) >= 11 is 0. The molecule has 0 bridgehead atoms. The molecular weight excluding hydrogens is 519 g/mol. The Balaban J connectivity index is 1.82. The molecule has 0 radical (unpaired) electrons. The topological polar surface area (TPSA) is 81.5 Å². The second-order valence-electron chi connectivity index (χ2n) is 9.09. The van der Waals surface area contributed by atoms with Crippen molar-refractivity contribution in [3.8, 4) is 11.4 Å². The van der Waals surface area contributed by atoms with Crippen molar-refractivity contribution in [2.75, 3.05) is 7.05 Å². The molecule has 200 valence electrons. The van der Waals surface area contributed by atoms with Crippen molar-refractivity contribution < 1.29 is 26.3 Å². The van der Waals surface area contributed by atoms with Gasteiger partial charge < -0.3 is 4.74 Å². The summed E-state index contributed by atoms with van der Waals surface area (Å²) in [7, 11) is -2.60. The van der Waals surface area contributed by atoms with Gasteiger partial charge in [0.1, 0.15) is 11.6 Å². The van der Waals surface area contributed by atoms with Crippen LogP contribution < -0.4 is 10.3 Å². The molecule has 0 fully saturated rings. The fraction of sp³-hybridized carbons (Fsp3) is 0.259. The molecular formula is C27H26F3N3O4S. The van der Waals surface area contributed by atoms with Gasteiger partial charge in [-0.1, -0.05) is 38.1 Å². The van der Waals surface area contributed by atoms with Crippen molar-refractivity contribution in [3.63, 3.8) is 0 Å². The highest BCUT2D eigenvalue weighted by molar-refractivity contribution is 7.89. The van der Waals surface area contributed by atoms with Gasteiger partial charge in [0, 0.05) is 7.05 Å². The van der Waals surface area contributed by atoms with Gasteiger partial charge in [-0.15, -0.1) is 13.2 Å². The molecule has 4 rings (SSSR count). The van der Waals surface area contributed by atoms with Gasteiger partial charge in [-0.2, -0.15) is 4.31 Å². The van der Waals surface area contributed by atoms with Crippen LogP contribution in [0.25, 0.3) is 16.6 Å². The highest BCUT2D eigenvalue weighted by Gasteiger charge is 2.32. The Morgan fingerprint density at radius 1 is 0.921 bits per heavy atom. The number of alkyl halides is 3. The smallest absolute Gasteiger partial charge is 0.406 e. The maximum Gasteiger partial charge on any atom is 0.573 e. The predicted octanol–water partition coefficient (Wildman–Crippen LogP) is 5.79. The predicted molar refractivity (Wildman–Crippen MR) is 138 cm³/mol. The van der Waals surface area contributed by atoms with Crippen LogP contribution in [0, 0.1) is 0 Å². The molecule has 0 aliphatic rings. The van der Waals surface area contributed by atoms with E-state index in [2.05, 4.69) is 9.72 Å². The van der Waals surface area contributed by atoms with Crippen LogP contribution in [0.1, 0.15) is 44.1 Å². The first kappa shape index (κ1) is 27.3. The summed E-state index contributed by atoms with van der Waals surface area (Å²) in [4.78, 5) is 18.2. The molecule has 0 N–H and O–H groups in total. The van der Waals surface area contributed by atoms with Crippen LogP contribution in [-0.4, -0.2) is 35.7 Å². The molecule has 0 amide bonds. The minimum atomic E-state index is -4.87. The van der Waals surface area contributed by atoms with Crippen LogP contribution in [-0.2, 0) is 10.0 Å². The van der Waals surface area contributed by atoms with Crippen molar-refractivity contribution in [3.05, 3.63) is 94.5 Å². The van der Waals surface area contributed by atoms with Crippen molar-refractivity contribution in [1.29, 1.82) is 0 Å². The Labute approximate surface area is 218 Å². The highest BCUT2D eigenvalue weighted by Crippen LogP contribution is 2.29. The third-order valence-electron chi connectivity index (χ3n) is 6.27. The van der Waals surface area contributed by atoms with E-state index < -0.39 is 33.7 Å². The lowest BCUT2D eigenvalue weighted by atomic mass is 10.0. The molecule has 0 aliphatic heterocycles. The standard InChI is InChI=1S/C27H26F3N3O4S/c1-17(2)19-9-15-22(16-10-19)38(35,36)32(4)18(3)25-31-24-8-6-5-7-23(24)26(34)33(25)20-11-13-21(14-12-20)37-27(28,29)30/h5-18H,1-4H3. The van der Waals surface area contributed by atoms with E-state index in [0.717, 1.165) is 22.0 Å². The second-order valence-corrected chi connectivity index (χ2v) is 11.1. The molecule has 1 atom stereocenters. The first-order valence-corrected chi connectivity index (χ1v) is 13.2. The zero-order chi connectivity index (χ0) is 27.8. The minimum Gasteiger partial charge on any atom is -0.406 e. The number of fused-ring (bicyclic) bond motifs is 1. The summed E-state index contributed by atoms with van der Waals surface area (Å²) < 4.78 is 71.1. The number of para-hydroxylation sites is 1. The van der Waals surface area contributed by atoms with E-state index in [9.17, 15) is 26.4 Å². The zero-order valence-electron chi connectivity index (χ0n) is 21.1. The summed E-state index contributed by atoms with van der Waals surface area (Å²) in [6.45, 7) is 5.60. The molecule has 0 spiro atoms. The molecule has 1 heterocycles. The highest BCUT2D eigenvalue weighted by atomic mass is 32.2. The van der Waals surface area contributed by atoms with Crippen LogP contribution in [0.2, 0.25) is 0 Å². The van der Waals surface area contributed by atoms with Gasteiger partial charge in [0.05, 0.1) is 27.5 Å². The lowest BCUT2D eigenvalue weighted by Crippen LogP contribution is -2.35. The Morgan fingerprint density at radius 3 is 2.11 bits per heavy atom. The van der Waals surface area contributed by atoms with E-state index in [4.69, 9.17) is 0 Å². The normalized spacial score (nSPS) is 13.3. The number of nitrogens with zero attached hydrogens (tertiary/aromatic N) is 3. The summed E-state index contributed by atoms with van der Waals surface area (Å²) in [6.07, 6.45) is -4.87. The second kappa shape index (κ2) is 10.2. The first-order valence-electron chi connectivity index (χ1n) is 11.8. The van der Waals surface area contributed by atoms with E-state index in [1.807, 2.05) is 13.8 Å². The van der Waals surface area contributed by atoms with Gasteiger partial charge >= 0.3 is 6.36 Å². The molecule has 38 heavy (non-hydrogen) atoms. The Kier molecular flexibility index (Phi) is 7.35. The molecule has 3 aromatic carbocycles. The van der Waals surface area contributed by atoms with Crippen LogP contribution >= 0.6 is 0 Å². The average molecular weight is 546 g/mol. The summed E-state index contributed by atoms with van der Waals surface area (Å²) in [5.74, 6) is -0.127. The van der Waals surface area contributed by atoms with E-state index in [-0.39, 0.29) is 27.7 Å². The first-order chi connectivity index (χ1) is 17.8. The summed E-state index contributed by atoms with van der Waals surface area (Å²) in [5, 5.41) is 0.272. The number of sulfonamides is 1. The number of hydrogen-bond acceptors (Lipinski definition) is 5. The van der Waals surface area contributed by atoms with Gasteiger partial charge in [0.15, 0.2) is 0 Å². The lowest BCUT2D eigenvalue weighted by molar-refractivity contribution is -0.274. The Bertz CT molecular complexity index is 1620. The molecule has 1 aromatic heterocycles. The van der Waals surface area contributed by atoms with E-state index in [1.54, 1.807) is 43.3 Å². The molecule has 4 aromatic rings. The number of hydrogen-bond donors (Lipinski definition) is 0. The van der Waals surface area contributed by atoms with Crippen molar-refractivity contribution >= 4 is 20.9 Å². The zero-order valence-corrected chi connectivity index (χ0v) is 21.9. The molecule has 0 saturated carbocycles. The number of ether oxygens (including phenoxy) is 1. The SMILES string of the molecule is CC(C)c1ccc(S(=O)(=O)N(C)C(C)c2nc3ccccc3c(=O)n2-c2ccc(OC(F)(F)F)cc2)cc1. The third kappa shape index (κ3) is 5.44. The van der Waals surface area contributed by atoms with Crippen LogP contribution in [0.3, 0.4) is 0 Å². The molecule has 1 unspecified atom stereocenters. The number of benzene rings is 3. The summed E-state index contributed by atoms with van der Waals surface area (Å²) in [5.41, 5.74) is 1.06. The van der Waals surface area contributed by atoms with Gasteiger partial charge in [0.25, 0.3) is 5.56 Å². The van der Waals surface area contributed by atoms with E-state index >= 15 is 0 Å². The fourth-order valence-electron chi connectivity index (χ4n) is 4.04. The Morgan fingerprint density at radius 2 is 1.53 bits per heavy atom. The van der Waals surface area contributed by atoms with E-state index in [0.29, 0.717) is 5.52 Å². The monoisotopic (exact) mass is 545 g/mol. The lowest BCUT2D eigenvalue weighted by Gasteiger charge is -2.26. The number of aromatic nitrogens is 2. The maximum absolute atomic E-state index is 13.6. The number of halogens is 3. The number of rotatable bonds is 7. The van der Waals surface area contributed by atoms with Crippen molar-refractivity contribution in [2.45, 2.75) is 44.0 Å². The minimum absolute atomic E-state index is 0.0830. The van der Waals surface area contributed by atoms with E-state index in [1.165, 1.54) is 35.9 Å². The van der Waals surface area contributed by atoms with Crippen LogP contribution in [0.15, 0.2) is 82.5 Å². The average Bonchev–Trinajstić information content (AvgIpc) is 2.87. The van der Waals surface area contributed by atoms with Gasteiger partial charge in [-0.05, 0) is 66.9 Å². The van der Waals surface area contributed by atoms with Gasteiger partial charge in [0.2, 0.25) is 10.0 Å². The molecule has 0 aliphatic carbocycles. The van der Waals surface area contributed by atoms with Gasteiger partial charge in [-0.3, -0.25) is 9.36 Å². The maximum atomic E-state index is 13.6. The van der Waals surface area contributed by atoms with Crippen molar-refractivity contribution in [1.82, 2.24) is 13.9 Å². The summed E-state index contributed by atoms with van der Waals surface area (Å²) in [6, 6.07) is 17.0. The molecule has 0 saturated heterocycles. The fourth-order valence-corrected chi connectivity index (χ4v) is 5.36. The Hall–Kier alpha value is -3.70. The van der Waals surface area contributed by atoms with Crippen molar-refractivity contribution in [2.24, 2.45) is 0 Å². The van der Waals surface area contributed by atoms with Crippen LogP contribution in [0.4, 0.5) is 13.2 Å².